The maximum atomic E-state index is 10.7. The first kappa shape index (κ1) is 11.8. The zero-order chi connectivity index (χ0) is 12.6. The molecule has 5 nitrogen and oxygen atoms in total. The van der Waals surface area contributed by atoms with Crippen LogP contribution in [0.2, 0.25) is 0 Å². The highest BCUT2D eigenvalue weighted by Gasteiger charge is 2.21. The largest absolute Gasteiger partial charge is 0.476 e. The lowest BCUT2D eigenvalue weighted by molar-refractivity contribution is 0.0691. The van der Waals surface area contributed by atoms with E-state index in [1.54, 1.807) is 6.20 Å². The summed E-state index contributed by atoms with van der Waals surface area (Å²) in [4.78, 5) is 18.8. The van der Waals surface area contributed by atoms with E-state index in [1.165, 1.54) is 16.7 Å². The molecule has 2 rings (SSSR count). The first-order valence-corrected chi connectivity index (χ1v) is 5.91. The molecule has 0 saturated heterocycles. The number of carboxylic acids is 1. The third-order valence-electron chi connectivity index (χ3n) is 2.15. The van der Waals surface area contributed by atoms with E-state index in [2.05, 4.69) is 9.97 Å². The van der Waals surface area contributed by atoms with Crippen molar-refractivity contribution in [3.63, 3.8) is 0 Å². The van der Waals surface area contributed by atoms with E-state index in [4.69, 9.17) is 9.52 Å². The van der Waals surface area contributed by atoms with Crippen molar-refractivity contribution in [1.82, 2.24) is 9.97 Å². The van der Waals surface area contributed by atoms with Gasteiger partial charge in [0.25, 0.3) is 5.89 Å². The Labute approximate surface area is 102 Å². The summed E-state index contributed by atoms with van der Waals surface area (Å²) >= 11 is 1.21. The van der Waals surface area contributed by atoms with Gasteiger partial charge in [0.2, 0.25) is 0 Å². The summed E-state index contributed by atoms with van der Waals surface area (Å²) in [6.45, 7) is 6.05. The van der Waals surface area contributed by atoms with E-state index in [9.17, 15) is 4.79 Å². The lowest BCUT2D eigenvalue weighted by Gasteiger charge is -2.12. The molecule has 0 aromatic carbocycles. The summed E-state index contributed by atoms with van der Waals surface area (Å²) in [6.07, 6.45) is 1.65. The number of oxazole rings is 1. The Morgan fingerprint density at radius 3 is 2.65 bits per heavy atom. The number of aromatic carboxylic acids is 1. The van der Waals surface area contributed by atoms with Crippen LogP contribution in [0, 0.1) is 0 Å². The van der Waals surface area contributed by atoms with E-state index in [-0.39, 0.29) is 11.1 Å². The number of thiazole rings is 1. The molecule has 0 amide bonds. The third-order valence-corrected chi connectivity index (χ3v) is 2.98. The molecule has 17 heavy (non-hydrogen) atoms. The average Bonchev–Trinajstić information content (AvgIpc) is 2.85. The Balaban J connectivity index is 2.34. The average molecular weight is 252 g/mol. The Kier molecular flexibility index (Phi) is 2.74. The zero-order valence-corrected chi connectivity index (χ0v) is 10.5. The van der Waals surface area contributed by atoms with E-state index < -0.39 is 5.97 Å². The van der Waals surface area contributed by atoms with E-state index in [0.717, 1.165) is 5.76 Å². The van der Waals surface area contributed by atoms with Gasteiger partial charge < -0.3 is 9.52 Å². The second-order valence-corrected chi connectivity index (χ2v) is 5.48. The van der Waals surface area contributed by atoms with Crippen LogP contribution in [0.1, 0.15) is 37.0 Å². The normalized spacial score (nSPS) is 11.7. The summed E-state index contributed by atoms with van der Waals surface area (Å²) in [7, 11) is 0. The number of nitrogens with zero attached hydrogens (tertiary/aromatic N) is 2. The van der Waals surface area contributed by atoms with Crippen molar-refractivity contribution in [1.29, 1.82) is 0 Å². The molecule has 0 bridgehead atoms. The van der Waals surface area contributed by atoms with Gasteiger partial charge in [-0.25, -0.2) is 14.8 Å². The van der Waals surface area contributed by atoms with Crippen LogP contribution in [0.4, 0.5) is 0 Å². The third kappa shape index (κ3) is 2.36. The molecule has 0 aliphatic carbocycles. The number of hydrogen-bond donors (Lipinski definition) is 1. The Morgan fingerprint density at radius 2 is 2.18 bits per heavy atom. The van der Waals surface area contributed by atoms with Crippen molar-refractivity contribution in [2.75, 3.05) is 0 Å². The summed E-state index contributed by atoms with van der Waals surface area (Å²) in [5.41, 5.74) is -0.112. The minimum absolute atomic E-state index is 0.0144. The van der Waals surface area contributed by atoms with Crippen molar-refractivity contribution < 1.29 is 14.3 Å². The van der Waals surface area contributed by atoms with Crippen LogP contribution in [-0.2, 0) is 5.41 Å². The molecule has 0 atom stereocenters. The lowest BCUT2D eigenvalue weighted by atomic mass is 9.94. The molecule has 90 valence electrons. The van der Waals surface area contributed by atoms with Crippen molar-refractivity contribution in [3.05, 3.63) is 23.0 Å². The van der Waals surface area contributed by atoms with Crippen LogP contribution in [-0.4, -0.2) is 21.0 Å². The smallest absolute Gasteiger partial charge is 0.355 e. The summed E-state index contributed by atoms with van der Waals surface area (Å²) < 4.78 is 5.57. The molecule has 1 N–H and O–H groups in total. The fourth-order valence-electron chi connectivity index (χ4n) is 1.19. The lowest BCUT2D eigenvalue weighted by Crippen LogP contribution is -2.09. The predicted octanol–water partition coefficient (Wildman–Crippen LogP) is 2.79. The van der Waals surface area contributed by atoms with Crippen molar-refractivity contribution in [2.45, 2.75) is 26.2 Å². The highest BCUT2D eigenvalue weighted by molar-refractivity contribution is 7.13. The standard InChI is InChI=1S/C11H12N2O3S/c1-11(2,3)7-4-12-8(16-7)9-13-6(5-17-9)10(14)15/h4-5H,1-3H3,(H,14,15). The summed E-state index contributed by atoms with van der Waals surface area (Å²) in [5.74, 6) is 0.0714. The monoisotopic (exact) mass is 252 g/mol. The van der Waals surface area contributed by atoms with Crippen molar-refractivity contribution in [2.24, 2.45) is 0 Å². The molecule has 2 heterocycles. The summed E-state index contributed by atoms with van der Waals surface area (Å²) in [5, 5.41) is 10.7. The van der Waals surface area contributed by atoms with Gasteiger partial charge in [-0.3, -0.25) is 0 Å². The molecule has 2 aromatic heterocycles. The number of carbonyl (C=O) groups is 1. The second kappa shape index (κ2) is 3.96. The molecule has 0 fully saturated rings. The predicted molar refractivity (Wildman–Crippen MR) is 63.3 cm³/mol. The molecular weight excluding hydrogens is 240 g/mol. The van der Waals surface area contributed by atoms with Crippen LogP contribution in [0.25, 0.3) is 10.9 Å². The van der Waals surface area contributed by atoms with E-state index in [0.29, 0.717) is 10.9 Å². The van der Waals surface area contributed by atoms with Gasteiger partial charge in [-0.15, -0.1) is 11.3 Å². The number of aromatic nitrogens is 2. The number of carboxylic acid groups (broad SMARTS) is 1. The quantitative estimate of drug-likeness (QED) is 0.889. The molecule has 0 unspecified atom stereocenters. The molecule has 0 aliphatic rings. The van der Waals surface area contributed by atoms with Crippen LogP contribution in [0.5, 0.6) is 0 Å². The molecule has 0 spiro atoms. The van der Waals surface area contributed by atoms with Gasteiger partial charge in [0.05, 0.1) is 6.20 Å². The van der Waals surface area contributed by atoms with Gasteiger partial charge in [0.1, 0.15) is 5.76 Å². The van der Waals surface area contributed by atoms with Crippen LogP contribution >= 0.6 is 11.3 Å². The molecule has 0 radical (unpaired) electrons. The van der Waals surface area contributed by atoms with Gasteiger partial charge >= 0.3 is 5.97 Å². The first-order chi connectivity index (χ1) is 7.88. The summed E-state index contributed by atoms with van der Waals surface area (Å²) in [6, 6.07) is 0. The zero-order valence-electron chi connectivity index (χ0n) is 9.72. The van der Waals surface area contributed by atoms with Crippen LogP contribution < -0.4 is 0 Å². The highest BCUT2D eigenvalue weighted by Crippen LogP contribution is 2.28. The molecule has 0 saturated carbocycles. The van der Waals surface area contributed by atoms with Crippen LogP contribution in [0.15, 0.2) is 16.0 Å². The second-order valence-electron chi connectivity index (χ2n) is 4.62. The van der Waals surface area contributed by atoms with Crippen molar-refractivity contribution in [3.8, 4) is 10.9 Å². The minimum atomic E-state index is -1.05. The number of rotatable bonds is 2. The highest BCUT2D eigenvalue weighted by atomic mass is 32.1. The first-order valence-electron chi connectivity index (χ1n) is 5.03. The maximum absolute atomic E-state index is 10.7. The van der Waals surface area contributed by atoms with Gasteiger partial charge in [-0.1, -0.05) is 20.8 Å². The SMILES string of the molecule is CC(C)(C)c1cnc(-c2nc(C(=O)O)cs2)o1. The fraction of sp³-hybridized carbons (Fsp3) is 0.364. The Morgan fingerprint density at radius 1 is 1.47 bits per heavy atom. The maximum Gasteiger partial charge on any atom is 0.355 e. The Bertz CT molecular complexity index is 551. The van der Waals surface area contributed by atoms with Crippen molar-refractivity contribution >= 4 is 17.3 Å². The van der Waals surface area contributed by atoms with Gasteiger partial charge in [0, 0.05) is 10.8 Å². The van der Waals surface area contributed by atoms with Crippen LogP contribution in [0.3, 0.4) is 0 Å². The van der Waals surface area contributed by atoms with Gasteiger partial charge in [-0.05, 0) is 0 Å². The molecular formula is C11H12N2O3S. The Hall–Kier alpha value is -1.69. The molecule has 6 heteroatoms. The minimum Gasteiger partial charge on any atom is -0.476 e. The van der Waals surface area contributed by atoms with Gasteiger partial charge in [0.15, 0.2) is 10.7 Å². The van der Waals surface area contributed by atoms with Gasteiger partial charge in [-0.2, -0.15) is 0 Å². The van der Waals surface area contributed by atoms with E-state index >= 15 is 0 Å². The molecule has 2 aromatic rings. The number of hydrogen-bond acceptors (Lipinski definition) is 5. The fourth-order valence-corrected chi connectivity index (χ4v) is 1.91. The van der Waals surface area contributed by atoms with E-state index in [1.807, 2.05) is 20.8 Å². The topological polar surface area (TPSA) is 76.2 Å². The molecule has 0 aliphatic heterocycles.